The minimum Gasteiger partial charge on any atom is -0.322 e. The van der Waals surface area contributed by atoms with E-state index >= 15 is 0 Å². The number of carbonyl (C=O) groups is 1. The van der Waals surface area contributed by atoms with Crippen molar-refractivity contribution in [2.45, 2.75) is 11.3 Å². The van der Waals surface area contributed by atoms with E-state index in [2.05, 4.69) is 11.6 Å². The summed E-state index contributed by atoms with van der Waals surface area (Å²) in [6.45, 7) is 0. The van der Waals surface area contributed by atoms with Gasteiger partial charge in [0.05, 0.1) is 0 Å². The summed E-state index contributed by atoms with van der Waals surface area (Å²) >= 11 is 4.47. The fraction of sp³-hybridized carbons (Fsp3) is 0.222. The predicted octanol–water partition coefficient (Wildman–Crippen LogP) is 3.23. The Morgan fingerprint density at radius 1 is 1.12 bits per heavy atom. The fourth-order valence-corrected chi connectivity index (χ4v) is 0.919. The molecule has 1 aromatic rings. The van der Waals surface area contributed by atoms with Gasteiger partial charge in [-0.1, -0.05) is 11.6 Å². The maximum atomic E-state index is 12.9. The van der Waals surface area contributed by atoms with E-state index in [4.69, 9.17) is 0 Å². The van der Waals surface area contributed by atoms with Crippen molar-refractivity contribution < 1.29 is 26.7 Å². The Labute approximate surface area is 97.4 Å². The Morgan fingerprint density at radius 2 is 1.59 bits per heavy atom. The summed E-state index contributed by atoms with van der Waals surface area (Å²) in [7, 11) is 0. The monoisotopic (exact) mass is 273 g/mol. The normalized spacial score (nSPS) is 15.2. The summed E-state index contributed by atoms with van der Waals surface area (Å²) in [6, 6.07) is 3.71. The number of nitrogens with one attached hydrogen (secondary N) is 1. The third-order valence-electron chi connectivity index (χ3n) is 1.74. The summed E-state index contributed by atoms with van der Waals surface area (Å²) in [6.07, 6.45) is -5.54. The lowest BCUT2D eigenvalue weighted by atomic mass is 10.3. The SMILES string of the molecule is O=C(Nc1ccc(F)cc1)[C@@](F)(Cl)C(F)(F)F. The highest BCUT2D eigenvalue weighted by atomic mass is 35.5. The van der Waals surface area contributed by atoms with Crippen LogP contribution in [0.3, 0.4) is 0 Å². The zero-order chi connectivity index (χ0) is 13.3. The van der Waals surface area contributed by atoms with Crippen LogP contribution in [0.2, 0.25) is 0 Å². The van der Waals surface area contributed by atoms with Crippen LogP contribution in [0, 0.1) is 5.82 Å². The van der Waals surface area contributed by atoms with E-state index < -0.39 is 23.0 Å². The molecule has 0 saturated carbocycles. The summed E-state index contributed by atoms with van der Waals surface area (Å²) in [4.78, 5) is 10.9. The van der Waals surface area contributed by atoms with Crippen molar-refractivity contribution in [1.29, 1.82) is 0 Å². The molecule has 0 aliphatic carbocycles. The molecule has 1 N–H and O–H groups in total. The number of amides is 1. The van der Waals surface area contributed by atoms with E-state index in [1.165, 1.54) is 0 Å². The predicted molar refractivity (Wildman–Crippen MR) is 50.8 cm³/mol. The van der Waals surface area contributed by atoms with Gasteiger partial charge in [0.2, 0.25) is 0 Å². The van der Waals surface area contributed by atoms with E-state index in [0.717, 1.165) is 24.3 Å². The van der Waals surface area contributed by atoms with Crippen molar-refractivity contribution in [3.63, 3.8) is 0 Å². The van der Waals surface area contributed by atoms with E-state index in [1.807, 2.05) is 0 Å². The molecule has 0 fully saturated rings. The third-order valence-corrected chi connectivity index (χ3v) is 2.13. The Hall–Kier alpha value is -1.37. The molecule has 0 unspecified atom stereocenters. The highest BCUT2D eigenvalue weighted by Crippen LogP contribution is 2.38. The van der Waals surface area contributed by atoms with Crippen LogP contribution < -0.4 is 5.32 Å². The highest BCUT2D eigenvalue weighted by Gasteiger charge is 2.61. The Kier molecular flexibility index (Phi) is 3.61. The quantitative estimate of drug-likeness (QED) is 0.650. The number of hydrogen-bond acceptors (Lipinski definition) is 1. The molecule has 0 heterocycles. The molecule has 17 heavy (non-hydrogen) atoms. The molecule has 8 heteroatoms. The van der Waals surface area contributed by atoms with Crippen molar-refractivity contribution in [2.24, 2.45) is 0 Å². The van der Waals surface area contributed by atoms with Crippen LogP contribution in [0.4, 0.5) is 27.6 Å². The van der Waals surface area contributed by atoms with E-state index in [1.54, 1.807) is 5.32 Å². The topological polar surface area (TPSA) is 29.1 Å². The molecule has 94 valence electrons. The summed E-state index contributed by atoms with van der Waals surface area (Å²) < 4.78 is 61.4. The van der Waals surface area contributed by atoms with Gasteiger partial charge in [-0.05, 0) is 24.3 Å². The molecule has 1 atom stereocenters. The third kappa shape index (κ3) is 3.06. The number of alkyl halides is 5. The van der Waals surface area contributed by atoms with Crippen LogP contribution in [0.5, 0.6) is 0 Å². The second kappa shape index (κ2) is 4.48. The molecule has 0 spiro atoms. The Bertz CT molecular complexity index is 414. The van der Waals surface area contributed by atoms with Gasteiger partial charge < -0.3 is 5.32 Å². The number of halogens is 6. The highest BCUT2D eigenvalue weighted by molar-refractivity contribution is 6.36. The van der Waals surface area contributed by atoms with Gasteiger partial charge in [0.1, 0.15) is 5.82 Å². The molecule has 1 amide bonds. The van der Waals surface area contributed by atoms with Crippen molar-refractivity contribution in [3.8, 4) is 0 Å². The smallest absolute Gasteiger partial charge is 0.322 e. The van der Waals surface area contributed by atoms with Crippen molar-refractivity contribution in [1.82, 2.24) is 0 Å². The molecule has 1 aromatic carbocycles. The van der Waals surface area contributed by atoms with Crippen molar-refractivity contribution >= 4 is 23.2 Å². The molecule has 2 nitrogen and oxygen atoms in total. The molecule has 0 aliphatic heterocycles. The van der Waals surface area contributed by atoms with Gasteiger partial charge in [0.25, 0.3) is 5.91 Å². The van der Waals surface area contributed by atoms with Gasteiger partial charge in [0.15, 0.2) is 0 Å². The fourth-order valence-electron chi connectivity index (χ4n) is 0.872. The van der Waals surface area contributed by atoms with Crippen LogP contribution in [-0.4, -0.2) is 17.2 Å². The van der Waals surface area contributed by atoms with Gasteiger partial charge in [0, 0.05) is 5.69 Å². The molecule has 0 saturated heterocycles. The first kappa shape index (κ1) is 13.7. The number of hydrogen-bond donors (Lipinski definition) is 1. The minimum absolute atomic E-state index is 0.205. The van der Waals surface area contributed by atoms with E-state index in [0.29, 0.717) is 0 Å². The van der Waals surface area contributed by atoms with Crippen molar-refractivity contribution in [3.05, 3.63) is 30.1 Å². The van der Waals surface area contributed by atoms with Gasteiger partial charge in [-0.3, -0.25) is 4.79 Å². The lowest BCUT2D eigenvalue weighted by molar-refractivity contribution is -0.197. The lowest BCUT2D eigenvalue weighted by Gasteiger charge is -2.20. The van der Waals surface area contributed by atoms with Gasteiger partial charge >= 0.3 is 11.3 Å². The first-order valence-corrected chi connectivity index (χ1v) is 4.54. The van der Waals surface area contributed by atoms with E-state index in [-0.39, 0.29) is 5.69 Å². The molecule has 0 radical (unpaired) electrons. The van der Waals surface area contributed by atoms with Gasteiger partial charge in [-0.2, -0.15) is 13.2 Å². The first-order chi connectivity index (χ1) is 7.64. The standard InChI is InChI=1S/C9H5ClF5NO/c10-8(12,9(13,14)15)7(17)16-6-3-1-5(11)2-4-6/h1-4H,(H,16,17)/t8-/m0/s1. The molecular formula is C9H5ClF5NO. The molecule has 0 aliphatic rings. The molecular weight excluding hydrogens is 269 g/mol. The van der Waals surface area contributed by atoms with Crippen LogP contribution in [0.15, 0.2) is 24.3 Å². The zero-order valence-electron chi connectivity index (χ0n) is 7.99. The number of carbonyl (C=O) groups excluding carboxylic acids is 1. The summed E-state index contributed by atoms with van der Waals surface area (Å²) in [5.41, 5.74) is -0.205. The van der Waals surface area contributed by atoms with Gasteiger partial charge in [-0.25, -0.2) is 8.78 Å². The second-order valence-electron chi connectivity index (χ2n) is 3.03. The largest absolute Gasteiger partial charge is 0.446 e. The van der Waals surface area contributed by atoms with E-state index in [9.17, 15) is 26.7 Å². The molecule has 0 aromatic heterocycles. The summed E-state index contributed by atoms with van der Waals surface area (Å²) in [5.74, 6) is -2.74. The first-order valence-electron chi connectivity index (χ1n) is 4.16. The Morgan fingerprint density at radius 3 is 2.00 bits per heavy atom. The number of rotatable bonds is 2. The maximum Gasteiger partial charge on any atom is 0.446 e. The lowest BCUT2D eigenvalue weighted by Crippen LogP contribution is -2.46. The van der Waals surface area contributed by atoms with Crippen molar-refractivity contribution in [2.75, 3.05) is 5.32 Å². The van der Waals surface area contributed by atoms with Gasteiger partial charge in [-0.15, -0.1) is 0 Å². The average molecular weight is 274 g/mol. The van der Waals surface area contributed by atoms with Crippen LogP contribution in [0.25, 0.3) is 0 Å². The second-order valence-corrected chi connectivity index (χ2v) is 3.55. The zero-order valence-corrected chi connectivity index (χ0v) is 8.74. The number of anilines is 1. The average Bonchev–Trinajstić information content (AvgIpc) is 2.19. The minimum atomic E-state index is -5.54. The Balaban J connectivity index is 2.83. The maximum absolute atomic E-state index is 12.9. The molecule has 1 rings (SSSR count). The molecule has 0 bridgehead atoms. The van der Waals surface area contributed by atoms with Crippen LogP contribution >= 0.6 is 11.6 Å². The summed E-state index contributed by atoms with van der Waals surface area (Å²) in [5, 5.41) is -2.94. The van der Waals surface area contributed by atoms with Crippen LogP contribution in [0.1, 0.15) is 0 Å². The van der Waals surface area contributed by atoms with Crippen LogP contribution in [-0.2, 0) is 4.79 Å². The number of benzene rings is 1.